The summed E-state index contributed by atoms with van der Waals surface area (Å²) in [5, 5.41) is 3.59. The largest absolute Gasteiger partial charge is 0.445 e. The van der Waals surface area contributed by atoms with Gasteiger partial charge in [-0.15, -0.1) is 0 Å². The van der Waals surface area contributed by atoms with E-state index in [0.29, 0.717) is 35.4 Å². The molecule has 2 aromatic heterocycles. The van der Waals surface area contributed by atoms with Gasteiger partial charge in [-0.3, -0.25) is 9.36 Å². The molecule has 2 saturated heterocycles. The molecule has 2 aromatic carbocycles. The van der Waals surface area contributed by atoms with Crippen molar-refractivity contribution in [1.29, 1.82) is 0 Å². The summed E-state index contributed by atoms with van der Waals surface area (Å²) in [5.41, 5.74) is -0.175. The van der Waals surface area contributed by atoms with Crippen LogP contribution in [0.5, 0.6) is 0 Å². The van der Waals surface area contributed by atoms with Crippen LogP contribution in [0.25, 0.3) is 11.0 Å². The van der Waals surface area contributed by atoms with Crippen molar-refractivity contribution < 1.29 is 27.4 Å². The number of pyridine rings is 1. The highest BCUT2D eigenvalue weighted by molar-refractivity contribution is 5.87. The zero-order chi connectivity index (χ0) is 29.6. The average molecular weight is 580 g/mol. The average Bonchev–Trinajstić information content (AvgIpc) is 3.73. The van der Waals surface area contributed by atoms with Crippen LogP contribution in [0.2, 0.25) is 0 Å². The number of nitrogens with one attached hydrogen (secondary N) is 1. The van der Waals surface area contributed by atoms with Crippen molar-refractivity contribution in [2.45, 2.75) is 44.1 Å². The van der Waals surface area contributed by atoms with Crippen LogP contribution < -0.4 is 10.9 Å². The van der Waals surface area contributed by atoms with E-state index < -0.39 is 41.6 Å². The van der Waals surface area contributed by atoms with Gasteiger partial charge < -0.3 is 19.7 Å². The van der Waals surface area contributed by atoms with Crippen LogP contribution in [0.15, 0.2) is 65.7 Å². The second-order valence-corrected chi connectivity index (χ2v) is 10.5. The van der Waals surface area contributed by atoms with Gasteiger partial charge in [0, 0.05) is 25.6 Å². The number of rotatable bonds is 7. The van der Waals surface area contributed by atoms with Gasteiger partial charge in [0.25, 0.3) is 12.0 Å². The summed E-state index contributed by atoms with van der Waals surface area (Å²) in [6.45, 7) is 2.39. The molecule has 6 rings (SSSR count). The van der Waals surface area contributed by atoms with Gasteiger partial charge in [0.2, 0.25) is 0 Å². The topological polar surface area (TPSA) is 102 Å². The summed E-state index contributed by atoms with van der Waals surface area (Å²) in [4.78, 5) is 36.3. The highest BCUT2D eigenvalue weighted by Gasteiger charge is 2.62. The normalized spacial score (nSPS) is 20.3. The van der Waals surface area contributed by atoms with Crippen molar-refractivity contribution in [2.24, 2.45) is 7.05 Å². The van der Waals surface area contributed by atoms with Gasteiger partial charge in [0.1, 0.15) is 41.9 Å². The molecule has 3 atom stereocenters. The van der Waals surface area contributed by atoms with Crippen molar-refractivity contribution in [2.75, 3.05) is 18.4 Å². The third-order valence-corrected chi connectivity index (χ3v) is 7.99. The number of fused-ring (bicyclic) bond motifs is 2. The van der Waals surface area contributed by atoms with Crippen LogP contribution >= 0.6 is 0 Å². The molecule has 9 nitrogen and oxygen atoms in total. The fraction of sp³-hybridized carbons (Fsp3) is 0.333. The molecule has 0 spiro atoms. The monoisotopic (exact) mass is 579 g/mol. The van der Waals surface area contributed by atoms with Gasteiger partial charge in [-0.1, -0.05) is 48.5 Å². The van der Waals surface area contributed by atoms with Crippen LogP contribution in [-0.4, -0.2) is 44.7 Å². The van der Waals surface area contributed by atoms with Gasteiger partial charge in [-0.05, 0) is 18.6 Å². The molecule has 4 aromatic rings. The smallest absolute Gasteiger partial charge is 0.410 e. The molecule has 0 saturated carbocycles. The molecule has 1 N–H and O–H groups in total. The second-order valence-electron chi connectivity index (χ2n) is 10.5. The molecule has 4 heterocycles. The van der Waals surface area contributed by atoms with Crippen molar-refractivity contribution >= 4 is 22.9 Å². The lowest BCUT2D eigenvalue weighted by Gasteiger charge is -2.28. The van der Waals surface area contributed by atoms with Crippen LogP contribution in [0, 0.1) is 5.82 Å². The molecular formula is C30H28F3N5O4. The molecule has 0 radical (unpaired) electrons. The van der Waals surface area contributed by atoms with E-state index in [1.54, 1.807) is 24.9 Å². The fourth-order valence-electron chi connectivity index (χ4n) is 5.61. The number of alkyl halides is 2. The van der Waals surface area contributed by atoms with Gasteiger partial charge >= 0.3 is 6.09 Å². The van der Waals surface area contributed by atoms with Crippen LogP contribution in [0.4, 0.5) is 23.8 Å². The van der Waals surface area contributed by atoms with Crippen molar-refractivity contribution in [1.82, 2.24) is 19.4 Å². The van der Waals surface area contributed by atoms with Gasteiger partial charge in [0.05, 0.1) is 29.1 Å². The molecule has 0 bridgehead atoms. The van der Waals surface area contributed by atoms with Crippen LogP contribution in [0.1, 0.15) is 48.1 Å². The summed E-state index contributed by atoms with van der Waals surface area (Å²) >= 11 is 0. The van der Waals surface area contributed by atoms with E-state index in [2.05, 4.69) is 15.3 Å². The van der Waals surface area contributed by atoms with E-state index in [4.69, 9.17) is 9.47 Å². The first-order chi connectivity index (χ1) is 20.2. The molecular weight excluding hydrogens is 551 g/mol. The zero-order valence-electron chi connectivity index (χ0n) is 22.9. The SMILES string of the molecule is C[C@@H](Nc1ncnc2c1cc(C13CCN(C(=O)OCc4ccccc4)CC1O3)c(=O)n2C)c1cccc(C(F)F)c1F. The number of carbonyl (C=O) groups excluding carboxylic acids is 1. The highest BCUT2D eigenvalue weighted by Crippen LogP contribution is 2.51. The summed E-state index contributed by atoms with van der Waals surface area (Å²) in [6.07, 6.45) is -2.14. The van der Waals surface area contributed by atoms with E-state index in [-0.39, 0.29) is 24.3 Å². The molecule has 2 unspecified atom stereocenters. The number of likely N-dealkylation sites (tertiary alicyclic amines) is 1. The second kappa shape index (κ2) is 10.8. The Morgan fingerprint density at radius 3 is 2.67 bits per heavy atom. The Bertz CT molecular complexity index is 1720. The number of hydrogen-bond donors (Lipinski definition) is 1. The first-order valence-electron chi connectivity index (χ1n) is 13.5. The number of aromatic nitrogens is 3. The number of epoxide rings is 1. The van der Waals surface area contributed by atoms with Gasteiger partial charge in [0.15, 0.2) is 0 Å². The molecule has 0 aliphatic carbocycles. The Labute approximate surface area is 238 Å². The fourth-order valence-corrected chi connectivity index (χ4v) is 5.61. The highest BCUT2D eigenvalue weighted by atomic mass is 19.3. The Balaban J connectivity index is 1.24. The maximum Gasteiger partial charge on any atom is 0.410 e. The molecule has 1 amide bonds. The molecule has 12 heteroatoms. The quantitative estimate of drug-likeness (QED) is 0.300. The molecule has 2 aliphatic rings. The predicted octanol–water partition coefficient (Wildman–Crippen LogP) is 5.21. The Morgan fingerprint density at radius 1 is 1.17 bits per heavy atom. The lowest BCUT2D eigenvalue weighted by atomic mass is 9.89. The van der Waals surface area contributed by atoms with Crippen LogP contribution in [-0.2, 0) is 28.7 Å². The number of nitrogens with zero attached hydrogens (tertiary/aromatic N) is 4. The Kier molecular flexibility index (Phi) is 7.09. The number of halogens is 3. The maximum atomic E-state index is 14.8. The first-order valence-corrected chi connectivity index (χ1v) is 13.5. The summed E-state index contributed by atoms with van der Waals surface area (Å²) in [5.74, 6) is -0.678. The molecule has 42 heavy (non-hydrogen) atoms. The summed E-state index contributed by atoms with van der Waals surface area (Å²) in [7, 11) is 1.59. The van der Waals surface area contributed by atoms with Gasteiger partial charge in [-0.2, -0.15) is 0 Å². The Hall–Kier alpha value is -4.45. The third-order valence-electron chi connectivity index (χ3n) is 7.99. The van der Waals surface area contributed by atoms with Crippen molar-refractivity contribution in [3.63, 3.8) is 0 Å². The lowest BCUT2D eigenvalue weighted by Crippen LogP contribution is -2.44. The number of benzene rings is 2. The Morgan fingerprint density at radius 2 is 1.93 bits per heavy atom. The maximum absolute atomic E-state index is 14.8. The number of anilines is 1. The van der Waals surface area contributed by atoms with E-state index in [1.165, 1.54) is 23.0 Å². The minimum absolute atomic E-state index is 0.0558. The van der Waals surface area contributed by atoms with E-state index in [9.17, 15) is 22.8 Å². The third kappa shape index (κ3) is 4.85. The first kappa shape index (κ1) is 27.7. The lowest BCUT2D eigenvalue weighted by molar-refractivity contribution is 0.0895. The van der Waals surface area contributed by atoms with E-state index in [1.807, 2.05) is 30.3 Å². The number of aryl methyl sites for hydroxylation is 1. The number of hydrogen-bond acceptors (Lipinski definition) is 7. The van der Waals surface area contributed by atoms with Crippen molar-refractivity contribution in [3.05, 3.63) is 99.3 Å². The van der Waals surface area contributed by atoms with E-state index >= 15 is 0 Å². The predicted molar refractivity (Wildman–Crippen MR) is 148 cm³/mol. The number of carbonyl (C=O) groups is 1. The standard InChI is InChI=1S/C30H28F3N5O4/c1-17(19-9-6-10-20(24(19)31)25(32)33)36-26-21-13-22(28(39)37(2)27(21)35-16-34-26)30-11-12-38(14-23(30)42-30)29(40)41-15-18-7-4-3-5-8-18/h3-10,13,16-17,23,25H,11-12,14-15H2,1-2H3,(H,34,35,36)/t17-,23?,30?/m1/s1. The van der Waals surface area contributed by atoms with Crippen molar-refractivity contribution in [3.8, 4) is 0 Å². The zero-order valence-corrected chi connectivity index (χ0v) is 22.9. The number of piperidine rings is 1. The van der Waals surface area contributed by atoms with E-state index in [0.717, 1.165) is 11.6 Å². The number of amides is 1. The van der Waals surface area contributed by atoms with Crippen LogP contribution in [0.3, 0.4) is 0 Å². The van der Waals surface area contributed by atoms with Gasteiger partial charge in [-0.25, -0.2) is 27.9 Å². The minimum Gasteiger partial charge on any atom is -0.445 e. The molecule has 218 valence electrons. The number of ether oxygens (including phenoxy) is 2. The summed E-state index contributed by atoms with van der Waals surface area (Å²) < 4.78 is 54.3. The summed E-state index contributed by atoms with van der Waals surface area (Å²) in [6, 6.07) is 14.2. The molecule has 2 fully saturated rings. The minimum atomic E-state index is -2.95. The molecule has 2 aliphatic heterocycles.